The number of hydrogen-bond donors (Lipinski definition) is 1. The second-order valence-corrected chi connectivity index (χ2v) is 5.99. The van der Waals surface area contributed by atoms with Crippen molar-refractivity contribution in [1.82, 2.24) is 14.9 Å². The van der Waals surface area contributed by atoms with Crippen molar-refractivity contribution in [3.63, 3.8) is 0 Å². The number of amides is 1. The summed E-state index contributed by atoms with van der Waals surface area (Å²) in [5.74, 6) is 0.774. The van der Waals surface area contributed by atoms with Crippen molar-refractivity contribution in [3.8, 4) is 0 Å². The monoisotopic (exact) mass is 302 g/mol. The average Bonchev–Trinajstić information content (AvgIpc) is 3.19. The van der Waals surface area contributed by atoms with Gasteiger partial charge in [0.25, 0.3) is 0 Å². The lowest BCUT2D eigenvalue weighted by Gasteiger charge is -2.24. The molecule has 2 aromatic heterocycles. The van der Waals surface area contributed by atoms with Gasteiger partial charge < -0.3 is 10.2 Å². The zero-order valence-corrected chi connectivity index (χ0v) is 12.6. The van der Waals surface area contributed by atoms with Gasteiger partial charge in [-0.1, -0.05) is 6.07 Å². The molecule has 3 heterocycles. The van der Waals surface area contributed by atoms with E-state index in [0.29, 0.717) is 18.9 Å². The molecule has 0 aromatic carbocycles. The van der Waals surface area contributed by atoms with E-state index in [1.54, 1.807) is 29.8 Å². The van der Waals surface area contributed by atoms with E-state index in [4.69, 9.17) is 0 Å². The van der Waals surface area contributed by atoms with Gasteiger partial charge in [0.05, 0.1) is 6.04 Å². The highest BCUT2D eigenvalue weighted by atomic mass is 32.1. The van der Waals surface area contributed by atoms with Crippen LogP contribution < -0.4 is 5.32 Å². The molecule has 0 aliphatic carbocycles. The summed E-state index contributed by atoms with van der Waals surface area (Å²) in [6.07, 6.45) is 6.00. The third-order valence-corrected chi connectivity index (χ3v) is 4.61. The van der Waals surface area contributed by atoms with Crippen LogP contribution in [0.1, 0.15) is 30.2 Å². The lowest BCUT2D eigenvalue weighted by atomic mass is 10.2. The fourth-order valence-electron chi connectivity index (χ4n) is 2.66. The van der Waals surface area contributed by atoms with Gasteiger partial charge in [0.15, 0.2) is 0 Å². The first-order valence-electron chi connectivity index (χ1n) is 7.18. The van der Waals surface area contributed by atoms with Crippen molar-refractivity contribution < 1.29 is 4.79 Å². The van der Waals surface area contributed by atoms with Crippen molar-refractivity contribution >= 4 is 23.2 Å². The maximum atomic E-state index is 12.4. The summed E-state index contributed by atoms with van der Waals surface area (Å²) in [5.41, 5.74) is 0. The van der Waals surface area contributed by atoms with Crippen LogP contribution in [0.5, 0.6) is 0 Å². The van der Waals surface area contributed by atoms with Crippen LogP contribution in [0.2, 0.25) is 0 Å². The number of hydrogen-bond acceptors (Lipinski definition) is 5. The Hall–Kier alpha value is -1.95. The minimum atomic E-state index is 0.203. The molecule has 0 saturated carbocycles. The summed E-state index contributed by atoms with van der Waals surface area (Å²) < 4.78 is 0. The number of nitrogens with zero attached hydrogens (tertiary/aromatic N) is 3. The Morgan fingerprint density at radius 2 is 2.24 bits per heavy atom. The molecule has 21 heavy (non-hydrogen) atoms. The highest BCUT2D eigenvalue weighted by Crippen LogP contribution is 2.34. The lowest BCUT2D eigenvalue weighted by Crippen LogP contribution is -2.31. The highest BCUT2D eigenvalue weighted by molar-refractivity contribution is 7.10. The molecule has 1 aliphatic heterocycles. The number of aromatic nitrogens is 2. The van der Waals surface area contributed by atoms with Crippen molar-refractivity contribution in [1.29, 1.82) is 0 Å². The van der Waals surface area contributed by atoms with Crippen LogP contribution in [-0.4, -0.2) is 33.9 Å². The topological polar surface area (TPSA) is 58.1 Å². The number of carbonyl (C=O) groups is 1. The maximum absolute atomic E-state index is 12.4. The maximum Gasteiger partial charge on any atom is 0.224 e. The first kappa shape index (κ1) is 14.0. The zero-order chi connectivity index (χ0) is 14.5. The van der Waals surface area contributed by atoms with Crippen LogP contribution in [0.4, 0.5) is 5.95 Å². The molecule has 1 fully saturated rings. The van der Waals surface area contributed by atoms with Gasteiger partial charge in [-0.25, -0.2) is 9.97 Å². The smallest absolute Gasteiger partial charge is 0.224 e. The van der Waals surface area contributed by atoms with Gasteiger partial charge in [-0.3, -0.25) is 4.79 Å². The predicted molar refractivity (Wildman–Crippen MR) is 83.1 cm³/mol. The molecule has 0 spiro atoms. The first-order valence-corrected chi connectivity index (χ1v) is 8.06. The number of nitrogens with one attached hydrogen (secondary N) is 1. The Labute approximate surface area is 128 Å². The molecule has 1 N–H and O–H groups in total. The zero-order valence-electron chi connectivity index (χ0n) is 11.7. The van der Waals surface area contributed by atoms with Gasteiger partial charge in [0.2, 0.25) is 11.9 Å². The van der Waals surface area contributed by atoms with Gasteiger partial charge in [-0.05, 0) is 30.4 Å². The number of rotatable bonds is 5. The van der Waals surface area contributed by atoms with Crippen molar-refractivity contribution in [2.24, 2.45) is 0 Å². The third-order valence-electron chi connectivity index (χ3n) is 3.63. The SMILES string of the molecule is O=C(CCNc1ncccn1)N1CCC[C@@H]1c1cccs1. The molecule has 1 saturated heterocycles. The fourth-order valence-corrected chi connectivity index (χ4v) is 3.53. The highest BCUT2D eigenvalue weighted by Gasteiger charge is 2.29. The van der Waals surface area contributed by atoms with Crippen LogP contribution in [0.25, 0.3) is 0 Å². The Balaban J connectivity index is 1.53. The molecule has 1 amide bonds. The summed E-state index contributed by atoms with van der Waals surface area (Å²) >= 11 is 1.73. The number of thiophene rings is 1. The fraction of sp³-hybridized carbons (Fsp3) is 0.400. The summed E-state index contributed by atoms with van der Waals surface area (Å²) in [6.45, 7) is 1.43. The van der Waals surface area contributed by atoms with Crippen LogP contribution >= 0.6 is 11.3 Å². The average molecular weight is 302 g/mol. The van der Waals surface area contributed by atoms with Crippen LogP contribution in [0.15, 0.2) is 36.0 Å². The molecule has 0 bridgehead atoms. The predicted octanol–water partition coefficient (Wildman–Crippen LogP) is 2.70. The van der Waals surface area contributed by atoms with Gasteiger partial charge in [-0.15, -0.1) is 11.3 Å². The van der Waals surface area contributed by atoms with E-state index < -0.39 is 0 Å². The second-order valence-electron chi connectivity index (χ2n) is 5.01. The van der Waals surface area contributed by atoms with Gasteiger partial charge in [0, 0.05) is 36.8 Å². The van der Waals surface area contributed by atoms with Crippen molar-refractivity contribution in [3.05, 3.63) is 40.8 Å². The largest absolute Gasteiger partial charge is 0.354 e. The first-order chi connectivity index (χ1) is 10.3. The van der Waals surface area contributed by atoms with E-state index in [2.05, 4.69) is 32.8 Å². The quantitative estimate of drug-likeness (QED) is 0.922. The molecule has 6 heteroatoms. The Morgan fingerprint density at radius 3 is 3.00 bits per heavy atom. The summed E-state index contributed by atoms with van der Waals surface area (Å²) in [7, 11) is 0. The van der Waals surface area contributed by atoms with E-state index in [1.807, 2.05) is 4.90 Å². The van der Waals surface area contributed by atoms with Crippen molar-refractivity contribution in [2.75, 3.05) is 18.4 Å². The lowest BCUT2D eigenvalue weighted by molar-refractivity contribution is -0.131. The number of carbonyl (C=O) groups excluding carboxylic acids is 1. The van der Waals surface area contributed by atoms with E-state index in [0.717, 1.165) is 19.4 Å². The summed E-state index contributed by atoms with van der Waals surface area (Å²) in [6, 6.07) is 6.21. The molecule has 1 atom stereocenters. The number of anilines is 1. The van der Waals surface area contributed by atoms with Gasteiger partial charge in [-0.2, -0.15) is 0 Å². The van der Waals surface area contributed by atoms with E-state index in [1.165, 1.54) is 4.88 Å². The molecule has 3 rings (SSSR count). The Kier molecular flexibility index (Phi) is 4.45. The Bertz CT molecular complexity index is 573. The van der Waals surface area contributed by atoms with Gasteiger partial charge in [0.1, 0.15) is 0 Å². The molecule has 0 unspecified atom stereocenters. The minimum Gasteiger partial charge on any atom is -0.354 e. The molecular formula is C15H18N4OS. The summed E-state index contributed by atoms with van der Waals surface area (Å²) in [4.78, 5) is 23.9. The minimum absolute atomic E-state index is 0.203. The van der Waals surface area contributed by atoms with Crippen molar-refractivity contribution in [2.45, 2.75) is 25.3 Å². The molecule has 1 aliphatic rings. The molecule has 2 aromatic rings. The van der Waals surface area contributed by atoms with E-state index in [9.17, 15) is 4.79 Å². The molecular weight excluding hydrogens is 284 g/mol. The van der Waals surface area contributed by atoms with Gasteiger partial charge >= 0.3 is 0 Å². The van der Waals surface area contributed by atoms with E-state index in [-0.39, 0.29) is 11.9 Å². The molecule has 110 valence electrons. The third kappa shape index (κ3) is 3.39. The number of likely N-dealkylation sites (tertiary alicyclic amines) is 1. The van der Waals surface area contributed by atoms with Crippen LogP contribution in [0, 0.1) is 0 Å². The second kappa shape index (κ2) is 6.67. The van der Waals surface area contributed by atoms with Crippen LogP contribution in [0.3, 0.4) is 0 Å². The normalized spacial score (nSPS) is 17.9. The Morgan fingerprint density at radius 1 is 1.38 bits per heavy atom. The van der Waals surface area contributed by atoms with E-state index >= 15 is 0 Å². The molecule has 5 nitrogen and oxygen atoms in total. The molecule has 0 radical (unpaired) electrons. The summed E-state index contributed by atoms with van der Waals surface area (Å²) in [5, 5.41) is 5.16. The van der Waals surface area contributed by atoms with Crippen LogP contribution in [-0.2, 0) is 4.79 Å². The standard InChI is InChI=1S/C15H18N4OS/c20-14(6-9-18-15-16-7-3-8-17-15)19-10-1-4-12(19)13-5-2-11-21-13/h2-3,5,7-8,11-12H,1,4,6,9-10H2,(H,16,17,18)/t12-/m1/s1.